The van der Waals surface area contributed by atoms with Gasteiger partial charge in [-0.3, -0.25) is 9.78 Å². The summed E-state index contributed by atoms with van der Waals surface area (Å²) in [4.78, 5) is 26.6. The lowest BCUT2D eigenvalue weighted by Crippen LogP contribution is -2.29. The van der Waals surface area contributed by atoms with Crippen molar-refractivity contribution in [1.29, 1.82) is 0 Å². The van der Waals surface area contributed by atoms with Crippen molar-refractivity contribution in [1.82, 2.24) is 35.3 Å². The number of nitrogens with one attached hydrogen (secondary N) is 1. The molecule has 0 fully saturated rings. The second kappa shape index (κ2) is 7.20. The zero-order valence-corrected chi connectivity index (χ0v) is 15.5. The van der Waals surface area contributed by atoms with E-state index in [0.717, 1.165) is 10.9 Å². The van der Waals surface area contributed by atoms with Crippen LogP contribution in [0.1, 0.15) is 29.1 Å². The van der Waals surface area contributed by atoms with Gasteiger partial charge >= 0.3 is 0 Å². The van der Waals surface area contributed by atoms with Crippen LogP contribution in [0, 0.1) is 0 Å². The predicted octanol–water partition coefficient (Wildman–Crippen LogP) is 2.33. The molecule has 0 aliphatic rings. The van der Waals surface area contributed by atoms with Crippen LogP contribution in [0.3, 0.4) is 0 Å². The molecule has 1 atom stereocenters. The molecule has 0 bridgehead atoms. The molecule has 0 aliphatic heterocycles. The standard InChI is InChI=1S/C18H15ClN8O/c1-10(12-7-6-11-4-2-3-5-13(11)24-12)23-18(28)14-16(20)26-17(15(19)25-14)27-21-8-9-22-27/h2-10H,1H3,(H2,20,26)(H,23,28)/t10-/m1/s1. The number of pyridine rings is 1. The Morgan fingerprint density at radius 3 is 2.64 bits per heavy atom. The average Bonchev–Trinajstić information content (AvgIpc) is 3.23. The van der Waals surface area contributed by atoms with Crippen LogP contribution >= 0.6 is 11.6 Å². The van der Waals surface area contributed by atoms with Crippen molar-refractivity contribution < 1.29 is 4.79 Å². The Morgan fingerprint density at radius 2 is 1.86 bits per heavy atom. The van der Waals surface area contributed by atoms with Crippen molar-refractivity contribution in [2.75, 3.05) is 5.73 Å². The van der Waals surface area contributed by atoms with E-state index in [9.17, 15) is 4.79 Å². The Kier molecular flexibility index (Phi) is 4.58. The first-order valence-corrected chi connectivity index (χ1v) is 8.77. The lowest BCUT2D eigenvalue weighted by molar-refractivity contribution is 0.0935. The maximum atomic E-state index is 12.6. The van der Waals surface area contributed by atoms with Gasteiger partial charge in [-0.05, 0) is 19.1 Å². The maximum absolute atomic E-state index is 12.6. The number of carbonyl (C=O) groups is 1. The topological polar surface area (TPSA) is 124 Å². The highest BCUT2D eigenvalue weighted by Gasteiger charge is 2.21. The molecule has 3 N–H and O–H groups in total. The van der Waals surface area contributed by atoms with Gasteiger partial charge in [0.25, 0.3) is 5.91 Å². The first-order valence-electron chi connectivity index (χ1n) is 8.39. The van der Waals surface area contributed by atoms with E-state index in [1.165, 1.54) is 17.2 Å². The summed E-state index contributed by atoms with van der Waals surface area (Å²) in [6, 6.07) is 11.2. The van der Waals surface area contributed by atoms with Gasteiger partial charge in [0.15, 0.2) is 16.7 Å². The average molecular weight is 395 g/mol. The summed E-state index contributed by atoms with van der Waals surface area (Å²) in [5.74, 6) is -0.438. The summed E-state index contributed by atoms with van der Waals surface area (Å²) in [6.45, 7) is 1.82. The predicted molar refractivity (Wildman–Crippen MR) is 104 cm³/mol. The Morgan fingerprint density at radius 1 is 1.11 bits per heavy atom. The van der Waals surface area contributed by atoms with Crippen molar-refractivity contribution >= 4 is 34.2 Å². The van der Waals surface area contributed by atoms with Crippen LogP contribution in [0.15, 0.2) is 48.8 Å². The molecule has 140 valence electrons. The molecular weight excluding hydrogens is 380 g/mol. The Hall–Kier alpha value is -3.59. The number of aromatic nitrogens is 6. The van der Waals surface area contributed by atoms with E-state index in [-0.39, 0.29) is 28.5 Å². The molecule has 3 aromatic heterocycles. The van der Waals surface area contributed by atoms with E-state index in [1.54, 1.807) is 0 Å². The molecule has 0 saturated carbocycles. The number of nitrogen functional groups attached to an aromatic ring is 1. The number of hydrogen-bond acceptors (Lipinski definition) is 7. The zero-order chi connectivity index (χ0) is 19.7. The third-order valence-corrected chi connectivity index (χ3v) is 4.35. The molecule has 1 aromatic carbocycles. The molecule has 3 heterocycles. The van der Waals surface area contributed by atoms with E-state index >= 15 is 0 Å². The molecule has 28 heavy (non-hydrogen) atoms. The molecule has 0 spiro atoms. The monoisotopic (exact) mass is 394 g/mol. The van der Waals surface area contributed by atoms with Crippen molar-refractivity contribution in [3.05, 3.63) is 65.3 Å². The van der Waals surface area contributed by atoms with Crippen LogP contribution in [0.4, 0.5) is 5.82 Å². The van der Waals surface area contributed by atoms with E-state index in [4.69, 9.17) is 17.3 Å². The normalized spacial score (nSPS) is 12.1. The molecule has 1 amide bonds. The highest BCUT2D eigenvalue weighted by Crippen LogP contribution is 2.20. The quantitative estimate of drug-likeness (QED) is 0.544. The molecule has 4 aromatic rings. The molecular formula is C18H15ClN8O. The lowest BCUT2D eigenvalue weighted by atomic mass is 10.1. The van der Waals surface area contributed by atoms with Gasteiger partial charge in [0.2, 0.25) is 5.82 Å². The number of halogens is 1. The summed E-state index contributed by atoms with van der Waals surface area (Å²) in [5.41, 5.74) is 7.39. The minimum atomic E-state index is -0.505. The van der Waals surface area contributed by atoms with E-state index in [2.05, 4.69) is 30.5 Å². The number of para-hydroxylation sites is 1. The van der Waals surface area contributed by atoms with Crippen LogP contribution in [0.2, 0.25) is 5.15 Å². The molecule has 0 unspecified atom stereocenters. The summed E-state index contributed by atoms with van der Waals surface area (Å²) >= 11 is 6.13. The minimum Gasteiger partial charge on any atom is -0.382 e. The smallest absolute Gasteiger partial charge is 0.274 e. The van der Waals surface area contributed by atoms with Crippen LogP contribution in [0.5, 0.6) is 0 Å². The number of benzene rings is 1. The third-order valence-electron chi connectivity index (χ3n) is 4.10. The van der Waals surface area contributed by atoms with E-state index in [1.807, 2.05) is 43.3 Å². The van der Waals surface area contributed by atoms with Gasteiger partial charge in [-0.2, -0.15) is 10.2 Å². The lowest BCUT2D eigenvalue weighted by Gasteiger charge is -2.15. The van der Waals surface area contributed by atoms with Crippen molar-refractivity contribution in [3.8, 4) is 5.82 Å². The number of fused-ring (bicyclic) bond motifs is 1. The zero-order valence-electron chi connectivity index (χ0n) is 14.7. The number of rotatable bonds is 4. The maximum Gasteiger partial charge on any atom is 0.274 e. The van der Waals surface area contributed by atoms with Crippen LogP contribution in [-0.2, 0) is 0 Å². The molecule has 0 aliphatic carbocycles. The summed E-state index contributed by atoms with van der Waals surface area (Å²) < 4.78 is 0. The van der Waals surface area contributed by atoms with Crippen LogP contribution < -0.4 is 11.1 Å². The van der Waals surface area contributed by atoms with Crippen molar-refractivity contribution in [3.63, 3.8) is 0 Å². The fourth-order valence-electron chi connectivity index (χ4n) is 2.70. The van der Waals surface area contributed by atoms with Crippen molar-refractivity contribution in [2.45, 2.75) is 13.0 Å². The van der Waals surface area contributed by atoms with Gasteiger partial charge in [0.05, 0.1) is 29.6 Å². The summed E-state index contributed by atoms with van der Waals surface area (Å²) in [7, 11) is 0. The summed E-state index contributed by atoms with van der Waals surface area (Å²) in [5, 5.41) is 11.7. The fraction of sp³-hybridized carbons (Fsp3) is 0.111. The van der Waals surface area contributed by atoms with Gasteiger partial charge < -0.3 is 11.1 Å². The highest BCUT2D eigenvalue weighted by atomic mass is 35.5. The van der Waals surface area contributed by atoms with Crippen molar-refractivity contribution in [2.24, 2.45) is 0 Å². The highest BCUT2D eigenvalue weighted by molar-refractivity contribution is 6.31. The number of nitrogens with zero attached hydrogens (tertiary/aromatic N) is 6. The molecule has 9 nitrogen and oxygen atoms in total. The Bertz CT molecular complexity index is 1160. The SMILES string of the molecule is C[C@@H](NC(=O)c1nc(Cl)c(-n2nccn2)nc1N)c1ccc2ccccc2n1. The third kappa shape index (κ3) is 3.35. The number of hydrogen-bond donors (Lipinski definition) is 2. The Balaban J connectivity index is 1.58. The number of nitrogens with two attached hydrogens (primary N) is 1. The van der Waals surface area contributed by atoms with Gasteiger partial charge in [-0.25, -0.2) is 9.97 Å². The molecule has 10 heteroatoms. The van der Waals surface area contributed by atoms with Gasteiger partial charge in [0, 0.05) is 5.39 Å². The van der Waals surface area contributed by atoms with E-state index in [0.29, 0.717) is 5.69 Å². The first kappa shape index (κ1) is 17.8. The minimum absolute atomic E-state index is 0.0352. The van der Waals surface area contributed by atoms with Crippen LogP contribution in [0.25, 0.3) is 16.7 Å². The molecule has 0 saturated heterocycles. The van der Waals surface area contributed by atoms with Gasteiger partial charge in [-0.15, -0.1) is 4.80 Å². The summed E-state index contributed by atoms with van der Waals surface area (Å²) in [6.07, 6.45) is 2.93. The number of anilines is 1. The number of carbonyl (C=O) groups excluding carboxylic acids is 1. The van der Waals surface area contributed by atoms with E-state index < -0.39 is 5.91 Å². The first-order chi connectivity index (χ1) is 13.5. The Labute approximate surface area is 164 Å². The molecule has 4 rings (SSSR count). The second-order valence-corrected chi connectivity index (χ2v) is 6.37. The largest absolute Gasteiger partial charge is 0.382 e. The van der Waals surface area contributed by atoms with Gasteiger partial charge in [-0.1, -0.05) is 35.9 Å². The molecule has 0 radical (unpaired) electrons. The van der Waals surface area contributed by atoms with Crippen LogP contribution in [-0.4, -0.2) is 35.9 Å². The number of amides is 1. The van der Waals surface area contributed by atoms with Gasteiger partial charge in [0.1, 0.15) is 0 Å². The second-order valence-electron chi connectivity index (χ2n) is 6.01. The fourth-order valence-corrected chi connectivity index (χ4v) is 2.90.